The van der Waals surface area contributed by atoms with Crippen molar-refractivity contribution in [3.05, 3.63) is 29.8 Å². The standard InChI is InChI=1S/C13H17ClO/c14-12-5-1-3-10(8-12)7-11-4-2-6-13(15)9-11/h2,4,6,9-10,12,15H,1,3,5,7-8H2. The van der Waals surface area contributed by atoms with Gasteiger partial charge in [-0.3, -0.25) is 0 Å². The first-order chi connectivity index (χ1) is 7.24. The molecule has 1 aromatic rings. The van der Waals surface area contributed by atoms with E-state index in [-0.39, 0.29) is 0 Å². The number of aromatic hydroxyl groups is 1. The zero-order valence-electron chi connectivity index (χ0n) is 8.82. The van der Waals surface area contributed by atoms with E-state index in [2.05, 4.69) is 6.07 Å². The van der Waals surface area contributed by atoms with Gasteiger partial charge < -0.3 is 5.11 Å². The van der Waals surface area contributed by atoms with E-state index in [1.807, 2.05) is 12.1 Å². The van der Waals surface area contributed by atoms with E-state index in [1.54, 1.807) is 6.07 Å². The highest BCUT2D eigenvalue weighted by Gasteiger charge is 2.20. The second-order valence-corrected chi connectivity index (χ2v) is 5.12. The van der Waals surface area contributed by atoms with Gasteiger partial charge in [-0.15, -0.1) is 11.6 Å². The monoisotopic (exact) mass is 224 g/mol. The second-order valence-electron chi connectivity index (χ2n) is 4.50. The molecule has 0 aromatic heterocycles. The molecule has 1 aromatic carbocycles. The van der Waals surface area contributed by atoms with Crippen molar-refractivity contribution in [3.8, 4) is 5.75 Å². The Bertz CT molecular complexity index is 324. The van der Waals surface area contributed by atoms with Crippen LogP contribution < -0.4 is 0 Å². The van der Waals surface area contributed by atoms with Crippen LogP contribution in [0.2, 0.25) is 0 Å². The number of rotatable bonds is 2. The maximum absolute atomic E-state index is 9.37. The minimum Gasteiger partial charge on any atom is -0.508 e. The third-order valence-corrected chi connectivity index (χ3v) is 3.55. The van der Waals surface area contributed by atoms with Crippen LogP contribution in [0.5, 0.6) is 5.75 Å². The molecule has 0 heterocycles. The summed E-state index contributed by atoms with van der Waals surface area (Å²) in [6.07, 6.45) is 5.86. The summed E-state index contributed by atoms with van der Waals surface area (Å²) in [7, 11) is 0. The Morgan fingerprint density at radius 1 is 1.33 bits per heavy atom. The summed E-state index contributed by atoms with van der Waals surface area (Å²) >= 11 is 6.16. The van der Waals surface area contributed by atoms with Crippen LogP contribution in [0.3, 0.4) is 0 Å². The van der Waals surface area contributed by atoms with Gasteiger partial charge in [0.25, 0.3) is 0 Å². The average Bonchev–Trinajstić information content (AvgIpc) is 2.17. The van der Waals surface area contributed by atoms with E-state index in [0.717, 1.165) is 19.3 Å². The quantitative estimate of drug-likeness (QED) is 0.759. The molecule has 0 saturated heterocycles. The number of phenolic OH excluding ortho intramolecular Hbond substituents is 1. The van der Waals surface area contributed by atoms with Crippen molar-refractivity contribution >= 4 is 11.6 Å². The van der Waals surface area contributed by atoms with E-state index in [9.17, 15) is 5.11 Å². The van der Waals surface area contributed by atoms with E-state index in [1.165, 1.54) is 18.4 Å². The molecule has 0 amide bonds. The van der Waals surface area contributed by atoms with Gasteiger partial charge in [0, 0.05) is 5.38 Å². The largest absolute Gasteiger partial charge is 0.508 e. The molecular formula is C13H17ClO. The van der Waals surface area contributed by atoms with Crippen molar-refractivity contribution in [2.24, 2.45) is 5.92 Å². The molecule has 2 unspecified atom stereocenters. The highest BCUT2D eigenvalue weighted by molar-refractivity contribution is 6.20. The summed E-state index contributed by atoms with van der Waals surface area (Å²) < 4.78 is 0. The summed E-state index contributed by atoms with van der Waals surface area (Å²) in [5, 5.41) is 9.73. The summed E-state index contributed by atoms with van der Waals surface area (Å²) in [6.45, 7) is 0. The smallest absolute Gasteiger partial charge is 0.115 e. The molecule has 1 aliphatic carbocycles. The molecule has 0 bridgehead atoms. The van der Waals surface area contributed by atoms with Crippen LogP contribution in [0.15, 0.2) is 24.3 Å². The van der Waals surface area contributed by atoms with Crippen LogP contribution in [0.1, 0.15) is 31.2 Å². The minimum absolute atomic E-state index is 0.362. The van der Waals surface area contributed by atoms with Gasteiger partial charge in [-0.25, -0.2) is 0 Å². The molecule has 1 aliphatic rings. The number of hydrogen-bond donors (Lipinski definition) is 1. The second kappa shape index (κ2) is 4.89. The molecule has 1 fully saturated rings. The van der Waals surface area contributed by atoms with Gasteiger partial charge in [-0.2, -0.15) is 0 Å². The Kier molecular flexibility index (Phi) is 3.53. The summed E-state index contributed by atoms with van der Waals surface area (Å²) in [4.78, 5) is 0. The molecule has 1 nitrogen and oxygen atoms in total. The van der Waals surface area contributed by atoms with Crippen molar-refractivity contribution in [2.75, 3.05) is 0 Å². The predicted molar refractivity (Wildman–Crippen MR) is 63.4 cm³/mol. The van der Waals surface area contributed by atoms with Crippen LogP contribution >= 0.6 is 11.6 Å². The molecule has 82 valence electrons. The number of benzene rings is 1. The maximum Gasteiger partial charge on any atom is 0.115 e. The zero-order valence-corrected chi connectivity index (χ0v) is 9.58. The van der Waals surface area contributed by atoms with Crippen molar-refractivity contribution in [1.82, 2.24) is 0 Å². The third-order valence-electron chi connectivity index (χ3n) is 3.15. The van der Waals surface area contributed by atoms with E-state index >= 15 is 0 Å². The van der Waals surface area contributed by atoms with Gasteiger partial charge in [0.15, 0.2) is 0 Å². The Balaban J connectivity index is 1.96. The SMILES string of the molecule is Oc1cccc(CC2CCCC(Cl)C2)c1. The molecule has 0 spiro atoms. The van der Waals surface area contributed by atoms with Crippen molar-refractivity contribution in [3.63, 3.8) is 0 Å². The first-order valence-electron chi connectivity index (χ1n) is 5.66. The lowest BCUT2D eigenvalue weighted by Gasteiger charge is -2.25. The van der Waals surface area contributed by atoms with Crippen LogP contribution in [-0.4, -0.2) is 10.5 Å². The summed E-state index contributed by atoms with van der Waals surface area (Å²) in [6, 6.07) is 7.57. The van der Waals surface area contributed by atoms with Crippen LogP contribution in [0.25, 0.3) is 0 Å². The Morgan fingerprint density at radius 3 is 2.93 bits per heavy atom. The minimum atomic E-state index is 0.362. The van der Waals surface area contributed by atoms with Crippen molar-refractivity contribution in [2.45, 2.75) is 37.5 Å². The topological polar surface area (TPSA) is 20.2 Å². The highest BCUT2D eigenvalue weighted by atomic mass is 35.5. The normalized spacial score (nSPS) is 26.5. The Morgan fingerprint density at radius 2 is 2.20 bits per heavy atom. The lowest BCUT2D eigenvalue weighted by molar-refractivity contribution is 0.361. The van der Waals surface area contributed by atoms with Gasteiger partial charge in [0.2, 0.25) is 0 Å². The number of halogens is 1. The number of alkyl halides is 1. The van der Waals surface area contributed by atoms with Gasteiger partial charge >= 0.3 is 0 Å². The first-order valence-corrected chi connectivity index (χ1v) is 6.09. The Hall–Kier alpha value is -0.690. The predicted octanol–water partition coefficient (Wildman–Crippen LogP) is 3.73. The molecule has 2 atom stereocenters. The lowest BCUT2D eigenvalue weighted by atomic mass is 9.84. The molecule has 2 rings (SSSR count). The number of hydrogen-bond acceptors (Lipinski definition) is 1. The molecule has 15 heavy (non-hydrogen) atoms. The fourth-order valence-electron chi connectivity index (χ4n) is 2.43. The fourth-order valence-corrected chi connectivity index (χ4v) is 2.83. The van der Waals surface area contributed by atoms with Crippen LogP contribution in [0, 0.1) is 5.92 Å². The van der Waals surface area contributed by atoms with Crippen molar-refractivity contribution in [1.29, 1.82) is 0 Å². The van der Waals surface area contributed by atoms with Crippen LogP contribution in [0.4, 0.5) is 0 Å². The van der Waals surface area contributed by atoms with Crippen molar-refractivity contribution < 1.29 is 5.11 Å². The van der Waals surface area contributed by atoms with Gasteiger partial charge in [0.05, 0.1) is 0 Å². The van der Waals surface area contributed by atoms with E-state index < -0.39 is 0 Å². The molecule has 0 radical (unpaired) electrons. The summed E-state index contributed by atoms with van der Waals surface area (Å²) in [5.41, 5.74) is 1.23. The van der Waals surface area contributed by atoms with Gasteiger partial charge in [0.1, 0.15) is 5.75 Å². The fraction of sp³-hybridized carbons (Fsp3) is 0.538. The molecular weight excluding hydrogens is 208 g/mol. The zero-order chi connectivity index (χ0) is 10.7. The van der Waals surface area contributed by atoms with Gasteiger partial charge in [-0.1, -0.05) is 25.0 Å². The average molecular weight is 225 g/mol. The van der Waals surface area contributed by atoms with Gasteiger partial charge in [-0.05, 0) is 42.9 Å². The first kappa shape index (κ1) is 10.8. The molecule has 1 N–H and O–H groups in total. The van der Waals surface area contributed by atoms with E-state index in [0.29, 0.717) is 17.0 Å². The third kappa shape index (κ3) is 3.13. The van der Waals surface area contributed by atoms with E-state index in [4.69, 9.17) is 11.6 Å². The Labute approximate surface area is 96.1 Å². The highest BCUT2D eigenvalue weighted by Crippen LogP contribution is 2.30. The van der Waals surface area contributed by atoms with Crippen LogP contribution in [-0.2, 0) is 6.42 Å². The molecule has 1 saturated carbocycles. The summed E-state index contributed by atoms with van der Waals surface area (Å²) in [5.74, 6) is 1.06. The molecule has 0 aliphatic heterocycles. The maximum atomic E-state index is 9.37. The molecule has 2 heteroatoms. The number of phenols is 1. The lowest BCUT2D eigenvalue weighted by Crippen LogP contribution is -2.17.